The Balaban J connectivity index is 1.81. The molecule has 0 spiro atoms. The van der Waals surface area contributed by atoms with E-state index in [0.29, 0.717) is 11.8 Å². The Bertz CT molecular complexity index is 1680. The maximum atomic E-state index is 13.8. The highest BCUT2D eigenvalue weighted by atomic mass is 32.1. The molecule has 2 aromatic carbocycles. The van der Waals surface area contributed by atoms with Crippen LogP contribution in [0.4, 0.5) is 27.6 Å². The zero-order valence-electron chi connectivity index (χ0n) is 18.3. The number of hydrogen-bond donors (Lipinski definition) is 1. The number of nitrogen functional groups attached to an aromatic ring is 1. The molecule has 0 saturated carbocycles. The predicted octanol–water partition coefficient (Wildman–Crippen LogP) is 6.17. The van der Waals surface area contributed by atoms with E-state index in [2.05, 4.69) is 14.7 Å². The molecule has 6 nitrogen and oxygen atoms in total. The molecular formula is C24H15F5N4O2S. The minimum Gasteiger partial charge on any atom is -0.435 e. The fraction of sp³-hybridized carbons (Fsp3) is 0.125. The SMILES string of the molecule is Cc1nc2ccc(-c3c(N)c4ncc(C(F)(F)F)cc4n(-c4ccc(OC(F)F)cc4)c3=O)cc2s1. The minimum atomic E-state index is -4.72. The van der Waals surface area contributed by atoms with Crippen LogP contribution in [0.2, 0.25) is 0 Å². The van der Waals surface area contributed by atoms with Gasteiger partial charge in [-0.2, -0.15) is 22.0 Å². The van der Waals surface area contributed by atoms with Crippen molar-refractivity contribution in [1.29, 1.82) is 0 Å². The van der Waals surface area contributed by atoms with Gasteiger partial charge in [-0.25, -0.2) is 4.98 Å². The van der Waals surface area contributed by atoms with Crippen LogP contribution in [0, 0.1) is 6.92 Å². The van der Waals surface area contributed by atoms with Crippen LogP contribution in [0.5, 0.6) is 5.75 Å². The number of nitrogens with zero attached hydrogens (tertiary/aromatic N) is 3. The number of nitrogens with two attached hydrogens (primary N) is 1. The van der Waals surface area contributed by atoms with Crippen LogP contribution in [0.15, 0.2) is 59.5 Å². The first-order chi connectivity index (χ1) is 17.0. The predicted molar refractivity (Wildman–Crippen MR) is 127 cm³/mol. The molecule has 12 heteroatoms. The summed E-state index contributed by atoms with van der Waals surface area (Å²) in [6.07, 6.45) is -4.08. The van der Waals surface area contributed by atoms with Crippen LogP contribution in [0.25, 0.3) is 38.1 Å². The second-order valence-electron chi connectivity index (χ2n) is 7.81. The molecule has 184 valence electrons. The Hall–Kier alpha value is -4.06. The monoisotopic (exact) mass is 518 g/mol. The number of aromatic nitrogens is 3. The molecule has 0 saturated heterocycles. The average molecular weight is 518 g/mol. The first-order valence-corrected chi connectivity index (χ1v) is 11.2. The van der Waals surface area contributed by atoms with Gasteiger partial charge in [0.25, 0.3) is 5.56 Å². The molecule has 5 aromatic rings. The van der Waals surface area contributed by atoms with Crippen LogP contribution >= 0.6 is 11.3 Å². The van der Waals surface area contributed by atoms with Crippen molar-refractivity contribution >= 4 is 38.3 Å². The Morgan fingerprint density at radius 1 is 1.08 bits per heavy atom. The third-order valence-electron chi connectivity index (χ3n) is 5.48. The van der Waals surface area contributed by atoms with Gasteiger partial charge in [-0.15, -0.1) is 11.3 Å². The number of fused-ring (bicyclic) bond motifs is 2. The van der Waals surface area contributed by atoms with Gasteiger partial charge in [-0.3, -0.25) is 14.3 Å². The largest absolute Gasteiger partial charge is 0.435 e. The molecule has 5 rings (SSSR count). The molecule has 0 aliphatic rings. The van der Waals surface area contributed by atoms with E-state index < -0.39 is 23.9 Å². The molecule has 3 heterocycles. The lowest BCUT2D eigenvalue weighted by Crippen LogP contribution is -2.23. The van der Waals surface area contributed by atoms with Crippen molar-refractivity contribution in [2.75, 3.05) is 5.73 Å². The fourth-order valence-corrected chi connectivity index (χ4v) is 4.81. The van der Waals surface area contributed by atoms with Crippen LogP contribution < -0.4 is 16.0 Å². The highest BCUT2D eigenvalue weighted by Crippen LogP contribution is 2.36. The van der Waals surface area contributed by atoms with Gasteiger partial charge in [0.1, 0.15) is 11.3 Å². The van der Waals surface area contributed by atoms with Gasteiger partial charge in [0.15, 0.2) is 0 Å². The Labute approximate surface area is 203 Å². The molecule has 2 N–H and O–H groups in total. The molecule has 0 atom stereocenters. The van der Waals surface area contributed by atoms with Crippen molar-refractivity contribution in [2.24, 2.45) is 0 Å². The summed E-state index contributed by atoms with van der Waals surface area (Å²) in [7, 11) is 0. The van der Waals surface area contributed by atoms with Gasteiger partial charge in [0, 0.05) is 11.9 Å². The maximum Gasteiger partial charge on any atom is 0.417 e. The summed E-state index contributed by atoms with van der Waals surface area (Å²) >= 11 is 1.41. The normalized spacial score (nSPS) is 12.1. The lowest BCUT2D eigenvalue weighted by Gasteiger charge is -2.17. The van der Waals surface area contributed by atoms with E-state index in [9.17, 15) is 26.7 Å². The molecule has 0 amide bonds. The van der Waals surface area contributed by atoms with E-state index in [1.54, 1.807) is 18.2 Å². The third-order valence-corrected chi connectivity index (χ3v) is 6.41. The summed E-state index contributed by atoms with van der Waals surface area (Å²) in [4.78, 5) is 22.1. The molecular weight excluding hydrogens is 503 g/mol. The van der Waals surface area contributed by atoms with Crippen LogP contribution in [-0.4, -0.2) is 21.1 Å². The quantitative estimate of drug-likeness (QED) is 0.288. The number of hydrogen-bond acceptors (Lipinski definition) is 6. The highest BCUT2D eigenvalue weighted by Gasteiger charge is 2.32. The van der Waals surface area contributed by atoms with E-state index in [0.717, 1.165) is 25.9 Å². The Morgan fingerprint density at radius 2 is 1.81 bits per heavy atom. The van der Waals surface area contributed by atoms with Gasteiger partial charge in [0.2, 0.25) is 0 Å². The van der Waals surface area contributed by atoms with Crippen LogP contribution in [0.3, 0.4) is 0 Å². The van der Waals surface area contributed by atoms with Gasteiger partial charge in [-0.05, 0) is 55.0 Å². The van der Waals surface area contributed by atoms with Gasteiger partial charge in [-0.1, -0.05) is 6.07 Å². The summed E-state index contributed by atoms with van der Waals surface area (Å²) in [6.45, 7) is -1.22. The molecule has 3 aromatic heterocycles. The van der Waals surface area contributed by atoms with E-state index in [-0.39, 0.29) is 33.7 Å². The molecule has 0 bridgehead atoms. The smallest absolute Gasteiger partial charge is 0.417 e. The zero-order chi connectivity index (χ0) is 25.8. The molecule has 0 aliphatic heterocycles. The van der Waals surface area contributed by atoms with Gasteiger partial charge < -0.3 is 10.5 Å². The summed E-state index contributed by atoms with van der Waals surface area (Å²) < 4.78 is 71.7. The van der Waals surface area contributed by atoms with Crippen molar-refractivity contribution in [1.82, 2.24) is 14.5 Å². The van der Waals surface area contributed by atoms with E-state index >= 15 is 0 Å². The first kappa shape index (κ1) is 23.7. The number of anilines is 1. The Morgan fingerprint density at radius 3 is 2.47 bits per heavy atom. The number of halogens is 5. The molecule has 0 aliphatic carbocycles. The summed E-state index contributed by atoms with van der Waals surface area (Å²) in [5.41, 5.74) is 5.55. The molecule has 0 fully saturated rings. The van der Waals surface area contributed by atoms with Crippen molar-refractivity contribution < 1.29 is 26.7 Å². The van der Waals surface area contributed by atoms with Crippen LogP contribution in [0.1, 0.15) is 10.6 Å². The Kier molecular flexibility index (Phi) is 5.62. The molecule has 0 radical (unpaired) electrons. The third kappa shape index (κ3) is 4.13. The van der Waals surface area contributed by atoms with Crippen molar-refractivity contribution in [2.45, 2.75) is 19.7 Å². The van der Waals surface area contributed by atoms with E-state index in [1.807, 2.05) is 6.92 Å². The second-order valence-corrected chi connectivity index (χ2v) is 9.04. The lowest BCUT2D eigenvalue weighted by atomic mass is 10.0. The summed E-state index contributed by atoms with van der Waals surface area (Å²) in [5.74, 6) is -0.179. The van der Waals surface area contributed by atoms with E-state index in [1.165, 1.54) is 35.6 Å². The molecule has 36 heavy (non-hydrogen) atoms. The number of aryl methyl sites for hydroxylation is 1. The number of alkyl halides is 5. The van der Waals surface area contributed by atoms with E-state index in [4.69, 9.17) is 5.73 Å². The minimum absolute atomic E-state index is 0.0221. The van der Waals surface area contributed by atoms with Crippen molar-refractivity contribution in [3.05, 3.63) is 75.7 Å². The standard InChI is InChI=1S/C24H15F5N4O2S/c1-11-32-16-7-2-12(8-18(16)36-11)19-20(30)21-17(9-13(10-31-21)24(27,28)29)33(22(19)34)14-3-5-15(6-4-14)35-23(25)26/h2-10,23H,30H2,1H3. The summed E-state index contributed by atoms with van der Waals surface area (Å²) in [5, 5.41) is 0.818. The number of ether oxygens (including phenoxy) is 1. The van der Waals surface area contributed by atoms with Crippen molar-refractivity contribution in [3.63, 3.8) is 0 Å². The lowest BCUT2D eigenvalue weighted by molar-refractivity contribution is -0.137. The average Bonchev–Trinajstić information content (AvgIpc) is 3.18. The second kappa shape index (κ2) is 8.55. The number of benzene rings is 2. The number of rotatable bonds is 4. The molecule has 0 unspecified atom stereocenters. The fourth-order valence-electron chi connectivity index (χ4n) is 3.95. The first-order valence-electron chi connectivity index (χ1n) is 10.4. The van der Waals surface area contributed by atoms with Crippen LogP contribution in [-0.2, 0) is 6.18 Å². The topological polar surface area (TPSA) is 83.0 Å². The van der Waals surface area contributed by atoms with Gasteiger partial charge in [0.05, 0.1) is 37.6 Å². The summed E-state index contributed by atoms with van der Waals surface area (Å²) in [6, 6.07) is 10.8. The van der Waals surface area contributed by atoms with Crippen molar-refractivity contribution in [3.8, 4) is 22.6 Å². The highest BCUT2D eigenvalue weighted by molar-refractivity contribution is 7.18. The number of thiazole rings is 1. The number of pyridine rings is 2. The zero-order valence-corrected chi connectivity index (χ0v) is 19.1. The van der Waals surface area contributed by atoms with Gasteiger partial charge >= 0.3 is 12.8 Å². The maximum absolute atomic E-state index is 13.8.